The molecule has 0 atom stereocenters. The van der Waals surface area contributed by atoms with Crippen LogP contribution in [0.3, 0.4) is 0 Å². The van der Waals surface area contributed by atoms with Crippen molar-refractivity contribution in [3.05, 3.63) is 34.1 Å². The lowest BCUT2D eigenvalue weighted by atomic mass is 9.94. The molecule has 0 amide bonds. The fourth-order valence-corrected chi connectivity index (χ4v) is 2.13. The number of benzene rings is 1. The largest absolute Gasteiger partial charge is 0.481 e. The summed E-state index contributed by atoms with van der Waals surface area (Å²) in [5.74, 6) is -1.51. The van der Waals surface area contributed by atoms with E-state index in [0.29, 0.717) is 18.4 Å². The summed E-state index contributed by atoms with van der Waals surface area (Å²) in [5, 5.41) is 9.32. The molecule has 2 nitrogen and oxygen atoms in total. The summed E-state index contributed by atoms with van der Waals surface area (Å²) in [6.07, 6.45) is 0.921. The molecule has 1 saturated carbocycles. The first-order chi connectivity index (χ1) is 6.99. The highest BCUT2D eigenvalue weighted by Gasteiger charge is 2.54. The van der Waals surface area contributed by atoms with Gasteiger partial charge in [-0.15, -0.1) is 0 Å². The summed E-state index contributed by atoms with van der Waals surface area (Å²) in [6, 6.07) is 2.83. The average Bonchev–Trinajstić information content (AvgIpc) is 2.93. The molecule has 1 fully saturated rings. The van der Waals surface area contributed by atoms with Crippen LogP contribution < -0.4 is 0 Å². The second-order valence-corrected chi connectivity index (χ2v) is 4.32. The van der Waals surface area contributed by atoms with E-state index in [2.05, 4.69) is 0 Å². The van der Waals surface area contributed by atoms with Crippen LogP contribution in [0.4, 0.5) is 4.39 Å². The van der Waals surface area contributed by atoms with Crippen LogP contribution in [-0.4, -0.2) is 11.1 Å². The van der Waals surface area contributed by atoms with Crippen LogP contribution in [0.2, 0.25) is 5.02 Å². The van der Waals surface area contributed by atoms with Crippen molar-refractivity contribution in [2.24, 2.45) is 0 Å². The Bertz CT molecular complexity index is 438. The van der Waals surface area contributed by atoms with Crippen molar-refractivity contribution in [3.8, 4) is 0 Å². The third-order valence-electron chi connectivity index (χ3n) is 2.92. The first-order valence-electron chi connectivity index (χ1n) is 4.67. The minimum atomic E-state index is -1.08. The van der Waals surface area contributed by atoms with Crippen LogP contribution in [0, 0.1) is 12.7 Å². The van der Waals surface area contributed by atoms with Gasteiger partial charge in [-0.05, 0) is 31.4 Å². The molecule has 1 aromatic rings. The van der Waals surface area contributed by atoms with E-state index < -0.39 is 17.2 Å². The number of carbonyl (C=O) groups is 1. The topological polar surface area (TPSA) is 37.3 Å². The molecule has 0 heterocycles. The molecule has 0 radical (unpaired) electrons. The molecule has 0 aliphatic heterocycles. The van der Waals surface area contributed by atoms with Gasteiger partial charge in [-0.1, -0.05) is 17.7 Å². The predicted molar refractivity (Wildman–Crippen MR) is 54.7 cm³/mol. The van der Waals surface area contributed by atoms with E-state index in [9.17, 15) is 9.18 Å². The summed E-state index contributed by atoms with van der Waals surface area (Å²) in [5.41, 5.74) is -0.218. The molecule has 15 heavy (non-hydrogen) atoms. The van der Waals surface area contributed by atoms with Gasteiger partial charge in [0.15, 0.2) is 0 Å². The number of aliphatic carboxylic acids is 1. The Kier molecular flexibility index (Phi) is 2.23. The van der Waals surface area contributed by atoms with Gasteiger partial charge in [0.2, 0.25) is 0 Å². The van der Waals surface area contributed by atoms with E-state index in [1.165, 1.54) is 6.07 Å². The molecule has 1 aromatic carbocycles. The third kappa shape index (κ3) is 1.42. The Morgan fingerprint density at radius 3 is 2.60 bits per heavy atom. The first kappa shape index (κ1) is 10.4. The van der Waals surface area contributed by atoms with Gasteiger partial charge >= 0.3 is 5.97 Å². The maximum Gasteiger partial charge on any atom is 0.314 e. The van der Waals surface area contributed by atoms with E-state index in [1.54, 1.807) is 13.0 Å². The second-order valence-electron chi connectivity index (χ2n) is 3.94. The molecule has 2 rings (SSSR count). The molecule has 0 bridgehead atoms. The maximum atomic E-state index is 13.6. The summed E-state index contributed by atoms with van der Waals surface area (Å²) in [7, 11) is 0. The molecular formula is C11H10ClFO2. The van der Waals surface area contributed by atoms with Gasteiger partial charge in [0.1, 0.15) is 5.82 Å². The van der Waals surface area contributed by atoms with Crippen molar-refractivity contribution in [2.75, 3.05) is 0 Å². The van der Waals surface area contributed by atoms with Crippen LogP contribution in [0.1, 0.15) is 24.0 Å². The Balaban J connectivity index is 2.62. The number of hydrogen-bond acceptors (Lipinski definition) is 1. The fourth-order valence-electron chi connectivity index (χ4n) is 1.79. The Hall–Kier alpha value is -1.09. The van der Waals surface area contributed by atoms with Crippen LogP contribution in [0.25, 0.3) is 0 Å². The number of carboxylic acids is 1. The normalized spacial score (nSPS) is 17.5. The van der Waals surface area contributed by atoms with E-state index in [0.717, 1.165) is 0 Å². The van der Waals surface area contributed by atoms with Crippen LogP contribution in [0.5, 0.6) is 0 Å². The zero-order valence-corrected chi connectivity index (χ0v) is 8.94. The minimum Gasteiger partial charge on any atom is -0.481 e. The standard InChI is InChI=1S/C11H10ClFO2/c1-6-2-3-7(13)8(9(6)12)11(4-5-11)10(14)15/h2-3H,4-5H2,1H3,(H,14,15). The molecule has 1 aliphatic carbocycles. The van der Waals surface area contributed by atoms with E-state index in [1.807, 2.05) is 0 Å². The van der Waals surface area contributed by atoms with Gasteiger partial charge in [-0.25, -0.2) is 4.39 Å². The second kappa shape index (κ2) is 3.20. The summed E-state index contributed by atoms with van der Waals surface area (Å²) in [4.78, 5) is 11.1. The first-order valence-corrected chi connectivity index (χ1v) is 5.05. The summed E-state index contributed by atoms with van der Waals surface area (Å²) in [6.45, 7) is 1.74. The van der Waals surface area contributed by atoms with Gasteiger partial charge in [0.25, 0.3) is 0 Å². The highest BCUT2D eigenvalue weighted by Crippen LogP contribution is 2.52. The highest BCUT2D eigenvalue weighted by molar-refractivity contribution is 6.32. The van der Waals surface area contributed by atoms with Gasteiger partial charge < -0.3 is 5.11 Å². The zero-order valence-electron chi connectivity index (χ0n) is 8.18. The lowest BCUT2D eigenvalue weighted by molar-refractivity contribution is -0.140. The monoisotopic (exact) mass is 228 g/mol. The molecule has 4 heteroatoms. The summed E-state index contributed by atoms with van der Waals surface area (Å²) < 4.78 is 13.6. The van der Waals surface area contributed by atoms with E-state index >= 15 is 0 Å². The smallest absolute Gasteiger partial charge is 0.314 e. The number of rotatable bonds is 2. The lowest BCUT2D eigenvalue weighted by Crippen LogP contribution is -2.21. The number of halogens is 2. The Labute approximate surface area is 91.7 Å². The Morgan fingerprint density at radius 2 is 2.13 bits per heavy atom. The van der Waals surface area contributed by atoms with Gasteiger partial charge in [-0.3, -0.25) is 4.79 Å². The molecule has 0 aromatic heterocycles. The molecule has 1 N–H and O–H groups in total. The van der Waals surface area contributed by atoms with Crippen molar-refractivity contribution >= 4 is 17.6 Å². The highest BCUT2D eigenvalue weighted by atomic mass is 35.5. The molecular weight excluding hydrogens is 219 g/mol. The molecule has 1 aliphatic rings. The van der Waals surface area contributed by atoms with Gasteiger partial charge in [0.05, 0.1) is 10.4 Å². The van der Waals surface area contributed by atoms with Gasteiger partial charge in [0, 0.05) is 5.56 Å². The van der Waals surface area contributed by atoms with Crippen molar-refractivity contribution < 1.29 is 14.3 Å². The molecule has 80 valence electrons. The average molecular weight is 229 g/mol. The molecule has 0 unspecified atom stereocenters. The predicted octanol–water partition coefficient (Wildman–Crippen LogP) is 2.90. The van der Waals surface area contributed by atoms with Crippen LogP contribution >= 0.6 is 11.6 Å². The quantitative estimate of drug-likeness (QED) is 0.845. The third-order valence-corrected chi connectivity index (χ3v) is 3.41. The van der Waals surface area contributed by atoms with Crippen molar-refractivity contribution in [1.82, 2.24) is 0 Å². The van der Waals surface area contributed by atoms with E-state index in [-0.39, 0.29) is 10.6 Å². The lowest BCUT2D eigenvalue weighted by Gasteiger charge is -2.14. The van der Waals surface area contributed by atoms with Crippen molar-refractivity contribution in [3.63, 3.8) is 0 Å². The van der Waals surface area contributed by atoms with Crippen LogP contribution in [0.15, 0.2) is 12.1 Å². The SMILES string of the molecule is Cc1ccc(F)c(C2(C(=O)O)CC2)c1Cl. The maximum absolute atomic E-state index is 13.6. The van der Waals surface area contributed by atoms with Crippen molar-refractivity contribution in [1.29, 1.82) is 0 Å². The Morgan fingerprint density at radius 1 is 1.53 bits per heavy atom. The fraction of sp³-hybridized carbons (Fsp3) is 0.364. The van der Waals surface area contributed by atoms with E-state index in [4.69, 9.17) is 16.7 Å². The number of hydrogen-bond donors (Lipinski definition) is 1. The molecule has 0 saturated heterocycles. The summed E-state index contributed by atoms with van der Waals surface area (Å²) >= 11 is 5.96. The van der Waals surface area contributed by atoms with Crippen molar-refractivity contribution in [2.45, 2.75) is 25.2 Å². The zero-order chi connectivity index (χ0) is 11.2. The molecule has 0 spiro atoms. The number of aryl methyl sites for hydroxylation is 1. The number of carboxylic acid groups (broad SMARTS) is 1. The van der Waals surface area contributed by atoms with Gasteiger partial charge in [-0.2, -0.15) is 0 Å². The minimum absolute atomic E-state index is 0.150. The van der Waals surface area contributed by atoms with Crippen LogP contribution in [-0.2, 0) is 10.2 Å².